The molecule has 0 heterocycles. The van der Waals surface area contributed by atoms with Gasteiger partial charge >= 0.3 is 5.97 Å². The molecule has 0 aromatic heterocycles. The standard InChI is InChI=1S/C14H17NO3/c1-2-18-14(17)8-13(16)10-4-3-9-5-6-12(15)11(9)7-10/h3-4,7,12H,2,5-6,8,15H2,1H3. The van der Waals surface area contributed by atoms with Crippen LogP contribution in [0.15, 0.2) is 18.2 Å². The van der Waals surface area contributed by atoms with Crippen LogP contribution in [-0.4, -0.2) is 18.4 Å². The Morgan fingerprint density at radius 3 is 2.94 bits per heavy atom. The van der Waals surface area contributed by atoms with Gasteiger partial charge in [-0.2, -0.15) is 0 Å². The zero-order chi connectivity index (χ0) is 13.1. The molecule has 18 heavy (non-hydrogen) atoms. The van der Waals surface area contributed by atoms with Crippen LogP contribution in [0.4, 0.5) is 0 Å². The molecule has 0 saturated heterocycles. The van der Waals surface area contributed by atoms with Gasteiger partial charge in [-0.3, -0.25) is 9.59 Å². The highest BCUT2D eigenvalue weighted by molar-refractivity contribution is 6.06. The topological polar surface area (TPSA) is 69.4 Å². The van der Waals surface area contributed by atoms with Gasteiger partial charge in [-0.15, -0.1) is 0 Å². The van der Waals surface area contributed by atoms with Gasteiger partial charge in [0.15, 0.2) is 5.78 Å². The SMILES string of the molecule is CCOC(=O)CC(=O)c1ccc2c(c1)C(N)CC2. The second-order valence-corrected chi connectivity index (χ2v) is 4.46. The first-order chi connectivity index (χ1) is 8.61. The van der Waals surface area contributed by atoms with Crippen molar-refractivity contribution < 1.29 is 14.3 Å². The van der Waals surface area contributed by atoms with E-state index in [0.29, 0.717) is 12.2 Å². The summed E-state index contributed by atoms with van der Waals surface area (Å²) in [5.74, 6) is -0.692. The summed E-state index contributed by atoms with van der Waals surface area (Å²) in [6, 6.07) is 5.52. The Balaban J connectivity index is 2.12. The lowest BCUT2D eigenvalue weighted by Crippen LogP contribution is -2.12. The molecule has 96 valence electrons. The molecule has 1 unspecified atom stereocenters. The highest BCUT2D eigenvalue weighted by atomic mass is 16.5. The summed E-state index contributed by atoms with van der Waals surface area (Å²) < 4.78 is 4.76. The number of carbonyl (C=O) groups is 2. The van der Waals surface area contributed by atoms with E-state index in [1.165, 1.54) is 5.56 Å². The van der Waals surface area contributed by atoms with Crippen molar-refractivity contribution in [2.45, 2.75) is 32.2 Å². The Kier molecular flexibility index (Phi) is 3.77. The van der Waals surface area contributed by atoms with E-state index in [1.807, 2.05) is 12.1 Å². The molecule has 2 N–H and O–H groups in total. The average molecular weight is 247 g/mol. The van der Waals surface area contributed by atoms with Crippen LogP contribution in [0.1, 0.15) is 47.3 Å². The van der Waals surface area contributed by atoms with Gasteiger partial charge in [-0.1, -0.05) is 12.1 Å². The fourth-order valence-electron chi connectivity index (χ4n) is 2.25. The number of nitrogens with two attached hydrogens (primary N) is 1. The molecule has 0 saturated carbocycles. The minimum atomic E-state index is -0.479. The molecule has 2 rings (SSSR count). The second-order valence-electron chi connectivity index (χ2n) is 4.46. The Morgan fingerprint density at radius 1 is 1.44 bits per heavy atom. The number of ketones is 1. The molecular formula is C14H17NO3. The zero-order valence-electron chi connectivity index (χ0n) is 10.4. The molecule has 0 spiro atoms. The third-order valence-corrected chi connectivity index (χ3v) is 3.20. The predicted octanol–water partition coefficient (Wildman–Crippen LogP) is 1.77. The van der Waals surface area contributed by atoms with E-state index < -0.39 is 5.97 Å². The highest BCUT2D eigenvalue weighted by Gasteiger charge is 2.21. The quantitative estimate of drug-likeness (QED) is 0.500. The molecule has 4 heteroatoms. The summed E-state index contributed by atoms with van der Waals surface area (Å²) in [6.07, 6.45) is 1.68. The Labute approximate surface area is 106 Å². The van der Waals surface area contributed by atoms with Crippen molar-refractivity contribution in [2.75, 3.05) is 6.61 Å². The van der Waals surface area contributed by atoms with Crippen molar-refractivity contribution in [1.82, 2.24) is 0 Å². The van der Waals surface area contributed by atoms with Crippen LogP contribution in [0.5, 0.6) is 0 Å². The highest BCUT2D eigenvalue weighted by Crippen LogP contribution is 2.30. The van der Waals surface area contributed by atoms with Crippen molar-refractivity contribution in [3.63, 3.8) is 0 Å². The molecule has 0 bridgehead atoms. The second kappa shape index (κ2) is 5.31. The lowest BCUT2D eigenvalue weighted by Gasteiger charge is -2.07. The van der Waals surface area contributed by atoms with E-state index >= 15 is 0 Å². The number of carbonyl (C=O) groups excluding carboxylic acids is 2. The van der Waals surface area contributed by atoms with E-state index in [4.69, 9.17) is 10.5 Å². The number of hydrogen-bond acceptors (Lipinski definition) is 4. The Morgan fingerprint density at radius 2 is 2.22 bits per heavy atom. The molecule has 1 aromatic rings. The maximum atomic E-state index is 11.9. The first-order valence-corrected chi connectivity index (χ1v) is 6.19. The van der Waals surface area contributed by atoms with Gasteiger partial charge in [0, 0.05) is 11.6 Å². The smallest absolute Gasteiger partial charge is 0.313 e. The normalized spacial score (nSPS) is 17.3. The third-order valence-electron chi connectivity index (χ3n) is 3.20. The van der Waals surface area contributed by atoms with Crippen LogP contribution in [-0.2, 0) is 16.0 Å². The molecule has 0 radical (unpaired) electrons. The van der Waals surface area contributed by atoms with Gasteiger partial charge in [0.2, 0.25) is 0 Å². The van der Waals surface area contributed by atoms with E-state index in [1.54, 1.807) is 13.0 Å². The maximum absolute atomic E-state index is 11.9. The van der Waals surface area contributed by atoms with E-state index in [0.717, 1.165) is 18.4 Å². The number of fused-ring (bicyclic) bond motifs is 1. The van der Waals surface area contributed by atoms with Crippen LogP contribution in [0.25, 0.3) is 0 Å². The number of hydrogen-bond donors (Lipinski definition) is 1. The first-order valence-electron chi connectivity index (χ1n) is 6.19. The molecule has 4 nitrogen and oxygen atoms in total. The van der Waals surface area contributed by atoms with Crippen LogP contribution in [0.2, 0.25) is 0 Å². The van der Waals surface area contributed by atoms with Gasteiger partial charge in [0.1, 0.15) is 6.42 Å². The fourth-order valence-corrected chi connectivity index (χ4v) is 2.25. The van der Waals surface area contributed by atoms with Gasteiger partial charge < -0.3 is 10.5 Å². The van der Waals surface area contributed by atoms with Crippen LogP contribution in [0.3, 0.4) is 0 Å². The average Bonchev–Trinajstić information content (AvgIpc) is 2.71. The van der Waals surface area contributed by atoms with Crippen molar-refractivity contribution in [1.29, 1.82) is 0 Å². The van der Waals surface area contributed by atoms with E-state index in [9.17, 15) is 9.59 Å². The summed E-state index contributed by atoms with van der Waals surface area (Å²) in [6.45, 7) is 2.01. The number of benzene rings is 1. The predicted molar refractivity (Wildman–Crippen MR) is 67.3 cm³/mol. The molecule has 1 aliphatic carbocycles. The molecule has 1 aromatic carbocycles. The number of esters is 1. The van der Waals surface area contributed by atoms with Crippen LogP contribution in [0, 0.1) is 0 Å². The van der Waals surface area contributed by atoms with Gasteiger partial charge in [0.05, 0.1) is 6.61 Å². The molecule has 0 fully saturated rings. The molecule has 1 atom stereocenters. The molecule has 1 aliphatic rings. The number of rotatable bonds is 4. The molecule has 0 aliphatic heterocycles. The summed E-state index contributed by atoms with van der Waals surface area (Å²) in [4.78, 5) is 23.2. The Bertz CT molecular complexity index is 482. The van der Waals surface area contributed by atoms with Gasteiger partial charge in [-0.05, 0) is 37.0 Å². The van der Waals surface area contributed by atoms with Gasteiger partial charge in [0.25, 0.3) is 0 Å². The first kappa shape index (κ1) is 12.8. The third kappa shape index (κ3) is 2.59. The largest absolute Gasteiger partial charge is 0.466 e. The summed E-state index contributed by atoms with van der Waals surface area (Å²) in [7, 11) is 0. The monoisotopic (exact) mass is 247 g/mol. The minimum Gasteiger partial charge on any atom is -0.466 e. The number of aryl methyl sites for hydroxylation is 1. The van der Waals surface area contributed by atoms with Crippen molar-refractivity contribution in [3.05, 3.63) is 34.9 Å². The van der Waals surface area contributed by atoms with Crippen LogP contribution >= 0.6 is 0 Å². The lowest BCUT2D eigenvalue weighted by molar-refractivity contribution is -0.141. The van der Waals surface area contributed by atoms with Crippen LogP contribution < -0.4 is 5.73 Å². The lowest BCUT2D eigenvalue weighted by atomic mass is 10.0. The Hall–Kier alpha value is -1.68. The minimum absolute atomic E-state index is 0.00958. The zero-order valence-corrected chi connectivity index (χ0v) is 10.4. The number of Topliss-reactive ketones (excluding diaryl/α,β-unsaturated/α-hetero) is 1. The number of ether oxygens (including phenoxy) is 1. The summed E-state index contributed by atoms with van der Waals surface area (Å²) >= 11 is 0. The maximum Gasteiger partial charge on any atom is 0.313 e. The molecular weight excluding hydrogens is 230 g/mol. The fraction of sp³-hybridized carbons (Fsp3) is 0.429. The summed E-state index contributed by atoms with van der Waals surface area (Å²) in [5.41, 5.74) is 8.74. The van der Waals surface area contributed by atoms with E-state index in [-0.39, 0.29) is 18.2 Å². The van der Waals surface area contributed by atoms with Crippen molar-refractivity contribution in [2.24, 2.45) is 5.73 Å². The van der Waals surface area contributed by atoms with E-state index in [2.05, 4.69) is 0 Å². The summed E-state index contributed by atoms with van der Waals surface area (Å²) in [5, 5.41) is 0. The van der Waals surface area contributed by atoms with Crippen molar-refractivity contribution >= 4 is 11.8 Å². The van der Waals surface area contributed by atoms with Crippen molar-refractivity contribution in [3.8, 4) is 0 Å². The molecule has 0 amide bonds. The van der Waals surface area contributed by atoms with Gasteiger partial charge in [-0.25, -0.2) is 0 Å².